The zero-order valence-corrected chi connectivity index (χ0v) is 10.0. The maximum atomic E-state index is 5.96. The van der Waals surface area contributed by atoms with Gasteiger partial charge in [-0.05, 0) is 38.8 Å². The summed E-state index contributed by atoms with van der Waals surface area (Å²) in [5, 5.41) is 0. The van der Waals surface area contributed by atoms with Crippen molar-refractivity contribution in [2.45, 2.75) is 45.9 Å². The molecule has 0 aliphatic carbocycles. The fourth-order valence-corrected chi connectivity index (χ4v) is 1.68. The Morgan fingerprint density at radius 3 is 2.20 bits per heavy atom. The first-order chi connectivity index (χ1) is 7.02. The van der Waals surface area contributed by atoms with Gasteiger partial charge >= 0.3 is 0 Å². The molecule has 0 saturated heterocycles. The molecule has 0 saturated carbocycles. The van der Waals surface area contributed by atoms with Gasteiger partial charge in [-0.25, -0.2) is 0 Å². The molecular formula is C13H21NO. The fourth-order valence-electron chi connectivity index (χ4n) is 1.68. The van der Waals surface area contributed by atoms with Crippen molar-refractivity contribution >= 4 is 0 Å². The van der Waals surface area contributed by atoms with Crippen LogP contribution in [0.5, 0.6) is 0 Å². The summed E-state index contributed by atoms with van der Waals surface area (Å²) in [4.78, 5) is 0. The predicted molar refractivity (Wildman–Crippen MR) is 63.8 cm³/mol. The predicted octanol–water partition coefficient (Wildman–Crippen LogP) is 2.81. The molecule has 2 atom stereocenters. The highest BCUT2D eigenvalue weighted by Gasteiger charge is 2.19. The number of rotatable bonds is 4. The van der Waals surface area contributed by atoms with Gasteiger partial charge in [0, 0.05) is 6.04 Å². The molecule has 0 fully saturated rings. The van der Waals surface area contributed by atoms with E-state index in [1.807, 2.05) is 32.9 Å². The Balaban J connectivity index is 2.94. The molecule has 2 nitrogen and oxygen atoms in total. The lowest BCUT2D eigenvalue weighted by molar-refractivity contribution is -0.00545. The molecule has 15 heavy (non-hydrogen) atoms. The van der Waals surface area contributed by atoms with Gasteiger partial charge in [0.25, 0.3) is 0 Å². The molecule has 0 amide bonds. The third-order valence-corrected chi connectivity index (χ3v) is 2.39. The van der Waals surface area contributed by atoms with Crippen LogP contribution in [0.15, 0.2) is 24.3 Å². The molecule has 0 heterocycles. The number of hydrogen-bond donors (Lipinski definition) is 1. The van der Waals surface area contributed by atoms with Gasteiger partial charge in [-0.15, -0.1) is 0 Å². The summed E-state index contributed by atoms with van der Waals surface area (Å²) in [5.74, 6) is 0. The van der Waals surface area contributed by atoms with E-state index >= 15 is 0 Å². The van der Waals surface area contributed by atoms with Gasteiger partial charge in [0.2, 0.25) is 0 Å². The molecule has 0 bridgehead atoms. The third-order valence-electron chi connectivity index (χ3n) is 2.39. The zero-order chi connectivity index (χ0) is 11.4. The lowest BCUT2D eigenvalue weighted by atomic mass is 9.99. The second-order valence-corrected chi connectivity index (χ2v) is 4.32. The highest BCUT2D eigenvalue weighted by atomic mass is 16.5. The summed E-state index contributed by atoms with van der Waals surface area (Å²) in [7, 11) is 0. The summed E-state index contributed by atoms with van der Waals surface area (Å²) in [6.07, 6.45) is 0.187. The number of hydrogen-bond acceptors (Lipinski definition) is 2. The Morgan fingerprint density at radius 1 is 1.13 bits per heavy atom. The molecule has 0 spiro atoms. The first-order valence-corrected chi connectivity index (χ1v) is 5.49. The molecule has 0 radical (unpaired) electrons. The van der Waals surface area contributed by atoms with Gasteiger partial charge in [-0.1, -0.05) is 24.3 Å². The Hall–Kier alpha value is -0.860. The van der Waals surface area contributed by atoms with E-state index in [2.05, 4.69) is 19.1 Å². The van der Waals surface area contributed by atoms with Crippen molar-refractivity contribution in [2.75, 3.05) is 0 Å². The smallest absolute Gasteiger partial charge is 0.0978 e. The van der Waals surface area contributed by atoms with Crippen molar-refractivity contribution in [3.05, 3.63) is 35.4 Å². The molecular weight excluding hydrogens is 186 g/mol. The van der Waals surface area contributed by atoms with E-state index in [4.69, 9.17) is 10.5 Å². The topological polar surface area (TPSA) is 35.2 Å². The van der Waals surface area contributed by atoms with Gasteiger partial charge < -0.3 is 10.5 Å². The van der Waals surface area contributed by atoms with Crippen molar-refractivity contribution in [3.8, 4) is 0 Å². The highest BCUT2D eigenvalue weighted by Crippen LogP contribution is 2.24. The summed E-state index contributed by atoms with van der Waals surface area (Å²) < 4.78 is 5.85. The van der Waals surface area contributed by atoms with E-state index < -0.39 is 0 Å². The fraction of sp³-hybridized carbons (Fsp3) is 0.538. The van der Waals surface area contributed by atoms with E-state index in [9.17, 15) is 0 Å². The van der Waals surface area contributed by atoms with Crippen molar-refractivity contribution in [1.29, 1.82) is 0 Å². The Bertz CT molecular complexity index is 307. The molecule has 84 valence electrons. The minimum absolute atomic E-state index is 0.00787. The Kier molecular flexibility index (Phi) is 4.30. The van der Waals surface area contributed by atoms with Crippen LogP contribution in [0, 0.1) is 6.92 Å². The van der Waals surface area contributed by atoms with Crippen LogP contribution >= 0.6 is 0 Å². The molecule has 0 aromatic heterocycles. The highest BCUT2D eigenvalue weighted by molar-refractivity contribution is 5.28. The molecule has 0 aliphatic rings. The number of ether oxygens (including phenoxy) is 1. The van der Waals surface area contributed by atoms with Crippen molar-refractivity contribution in [3.63, 3.8) is 0 Å². The summed E-state index contributed by atoms with van der Waals surface area (Å²) in [5.41, 5.74) is 8.39. The molecule has 1 aromatic carbocycles. The van der Waals surface area contributed by atoms with Crippen LogP contribution in [0.4, 0.5) is 0 Å². The average molecular weight is 207 g/mol. The SMILES string of the molecule is Cc1ccccc1C(OC(C)C)C(C)N. The van der Waals surface area contributed by atoms with Crippen LogP contribution in [0.1, 0.15) is 38.0 Å². The molecule has 2 N–H and O–H groups in total. The summed E-state index contributed by atoms with van der Waals surface area (Å²) in [6, 6.07) is 8.25. The van der Waals surface area contributed by atoms with Gasteiger partial charge in [0.15, 0.2) is 0 Å². The minimum atomic E-state index is -0.00815. The van der Waals surface area contributed by atoms with Crippen molar-refractivity contribution in [1.82, 2.24) is 0 Å². The van der Waals surface area contributed by atoms with Gasteiger partial charge in [0.1, 0.15) is 0 Å². The first-order valence-electron chi connectivity index (χ1n) is 5.49. The Labute approximate surface area is 92.4 Å². The van der Waals surface area contributed by atoms with E-state index in [1.54, 1.807) is 0 Å². The lowest BCUT2D eigenvalue weighted by Crippen LogP contribution is -2.29. The molecule has 0 aliphatic heterocycles. The van der Waals surface area contributed by atoms with E-state index in [0.717, 1.165) is 0 Å². The monoisotopic (exact) mass is 207 g/mol. The molecule has 2 heteroatoms. The molecule has 1 rings (SSSR count). The van der Waals surface area contributed by atoms with Crippen LogP contribution in [0.25, 0.3) is 0 Å². The quantitative estimate of drug-likeness (QED) is 0.824. The summed E-state index contributed by atoms with van der Waals surface area (Å²) in [6.45, 7) is 8.15. The van der Waals surface area contributed by atoms with E-state index in [0.29, 0.717) is 0 Å². The Morgan fingerprint density at radius 2 is 1.73 bits per heavy atom. The van der Waals surface area contributed by atoms with Crippen molar-refractivity contribution in [2.24, 2.45) is 5.73 Å². The number of aryl methyl sites for hydroxylation is 1. The number of nitrogens with two attached hydrogens (primary N) is 1. The van der Waals surface area contributed by atoms with Gasteiger partial charge in [-0.2, -0.15) is 0 Å². The normalized spacial score (nSPS) is 15.3. The standard InChI is InChI=1S/C13H21NO/c1-9(2)15-13(11(4)14)12-8-6-5-7-10(12)3/h5-9,11,13H,14H2,1-4H3. The van der Waals surface area contributed by atoms with Gasteiger partial charge in [0.05, 0.1) is 12.2 Å². The largest absolute Gasteiger partial charge is 0.369 e. The summed E-state index contributed by atoms with van der Waals surface area (Å²) >= 11 is 0. The average Bonchev–Trinajstić information content (AvgIpc) is 2.15. The second-order valence-electron chi connectivity index (χ2n) is 4.32. The second kappa shape index (κ2) is 5.29. The van der Waals surface area contributed by atoms with Crippen LogP contribution in [-0.2, 0) is 4.74 Å². The number of benzene rings is 1. The third kappa shape index (κ3) is 3.33. The van der Waals surface area contributed by atoms with Crippen LogP contribution < -0.4 is 5.73 Å². The maximum absolute atomic E-state index is 5.96. The van der Waals surface area contributed by atoms with E-state index in [1.165, 1.54) is 11.1 Å². The van der Waals surface area contributed by atoms with Gasteiger partial charge in [-0.3, -0.25) is 0 Å². The lowest BCUT2D eigenvalue weighted by Gasteiger charge is -2.25. The maximum Gasteiger partial charge on any atom is 0.0978 e. The first kappa shape index (κ1) is 12.2. The molecule has 2 unspecified atom stereocenters. The van der Waals surface area contributed by atoms with Crippen molar-refractivity contribution < 1.29 is 4.74 Å². The van der Waals surface area contributed by atoms with Crippen LogP contribution in [0.2, 0.25) is 0 Å². The van der Waals surface area contributed by atoms with Crippen LogP contribution in [0.3, 0.4) is 0 Å². The zero-order valence-electron chi connectivity index (χ0n) is 10.0. The minimum Gasteiger partial charge on any atom is -0.369 e. The molecule has 1 aromatic rings. The van der Waals surface area contributed by atoms with Crippen LogP contribution in [-0.4, -0.2) is 12.1 Å². The van der Waals surface area contributed by atoms with E-state index in [-0.39, 0.29) is 18.2 Å².